The van der Waals surface area contributed by atoms with Gasteiger partial charge in [0.15, 0.2) is 0 Å². The largest absolute Gasteiger partial charge is 0.496 e. The smallest absolute Gasteiger partial charge is 0.336 e. The quantitative estimate of drug-likeness (QED) is 0.793. The third-order valence-electron chi connectivity index (χ3n) is 3.43. The van der Waals surface area contributed by atoms with Gasteiger partial charge in [-0.15, -0.1) is 0 Å². The lowest BCUT2D eigenvalue weighted by Gasteiger charge is -2.19. The van der Waals surface area contributed by atoms with Crippen molar-refractivity contribution in [3.63, 3.8) is 0 Å². The topological polar surface area (TPSA) is 65.0 Å². The van der Waals surface area contributed by atoms with Crippen molar-refractivity contribution in [2.75, 3.05) is 7.11 Å². The predicted molar refractivity (Wildman–Crippen MR) is 96.9 cm³/mol. The number of benzene rings is 2. The zero-order valence-corrected chi connectivity index (χ0v) is 15.2. The maximum atomic E-state index is 11.7. The summed E-state index contributed by atoms with van der Waals surface area (Å²) in [4.78, 5) is 11.7. The molecule has 2 rings (SSSR count). The Balaban J connectivity index is 2.65. The molecule has 0 fully saturated rings. The van der Waals surface area contributed by atoms with Crippen molar-refractivity contribution < 1.29 is 24.1 Å². The molecule has 134 valence electrons. The van der Waals surface area contributed by atoms with Crippen LogP contribution in [-0.2, 0) is 0 Å². The van der Waals surface area contributed by atoms with E-state index in [0.717, 1.165) is 0 Å². The molecule has 0 unspecified atom stereocenters. The summed E-state index contributed by atoms with van der Waals surface area (Å²) in [5, 5.41) is 9.60. The van der Waals surface area contributed by atoms with Crippen LogP contribution in [0.1, 0.15) is 38.1 Å². The van der Waals surface area contributed by atoms with E-state index < -0.39 is 5.97 Å². The zero-order chi connectivity index (χ0) is 18.6. The molecule has 2 aromatic rings. The summed E-state index contributed by atoms with van der Waals surface area (Å²) in [6.45, 7) is 7.67. The highest BCUT2D eigenvalue weighted by molar-refractivity contribution is 5.99. The molecule has 0 aliphatic heterocycles. The molecule has 0 aliphatic carbocycles. The number of carboxylic acids is 1. The Morgan fingerprint density at radius 3 is 2.20 bits per heavy atom. The summed E-state index contributed by atoms with van der Waals surface area (Å²) in [5.41, 5.74) is 1.30. The van der Waals surface area contributed by atoms with Gasteiger partial charge < -0.3 is 19.3 Å². The van der Waals surface area contributed by atoms with Gasteiger partial charge in [0.2, 0.25) is 0 Å². The molecule has 0 spiro atoms. The molecule has 0 aliphatic rings. The lowest BCUT2D eigenvalue weighted by Crippen LogP contribution is -2.09. The number of carbonyl (C=O) groups is 1. The lowest BCUT2D eigenvalue weighted by atomic mass is 9.97. The van der Waals surface area contributed by atoms with Crippen LogP contribution in [0.5, 0.6) is 17.2 Å². The van der Waals surface area contributed by atoms with Crippen molar-refractivity contribution in [2.45, 2.75) is 39.9 Å². The van der Waals surface area contributed by atoms with E-state index in [4.69, 9.17) is 14.2 Å². The number of aromatic carboxylic acids is 1. The van der Waals surface area contributed by atoms with Gasteiger partial charge in [0.1, 0.15) is 17.2 Å². The normalized spacial score (nSPS) is 10.8. The Morgan fingerprint density at radius 2 is 1.64 bits per heavy atom. The summed E-state index contributed by atoms with van der Waals surface area (Å²) < 4.78 is 17.0. The van der Waals surface area contributed by atoms with Crippen molar-refractivity contribution in [2.24, 2.45) is 0 Å². The van der Waals surface area contributed by atoms with Crippen LogP contribution in [-0.4, -0.2) is 30.4 Å². The van der Waals surface area contributed by atoms with Gasteiger partial charge >= 0.3 is 5.97 Å². The summed E-state index contributed by atoms with van der Waals surface area (Å²) in [6.07, 6.45) is -0.0564. The van der Waals surface area contributed by atoms with E-state index in [1.807, 2.05) is 27.7 Å². The second kappa shape index (κ2) is 7.92. The minimum Gasteiger partial charge on any atom is -0.496 e. The number of carboxylic acid groups (broad SMARTS) is 1. The third kappa shape index (κ3) is 4.44. The van der Waals surface area contributed by atoms with Gasteiger partial charge in [-0.2, -0.15) is 0 Å². The van der Waals surface area contributed by atoms with E-state index in [1.54, 1.807) is 43.5 Å². The molecule has 0 radical (unpaired) electrons. The number of hydrogen-bond acceptors (Lipinski definition) is 4. The third-order valence-corrected chi connectivity index (χ3v) is 3.43. The minimum atomic E-state index is -1.02. The Morgan fingerprint density at radius 1 is 0.960 bits per heavy atom. The van der Waals surface area contributed by atoms with E-state index in [1.165, 1.54) is 0 Å². The van der Waals surface area contributed by atoms with Gasteiger partial charge in [-0.1, -0.05) is 6.07 Å². The van der Waals surface area contributed by atoms with Crippen LogP contribution < -0.4 is 14.2 Å². The summed E-state index contributed by atoms with van der Waals surface area (Å²) >= 11 is 0. The molecule has 5 nitrogen and oxygen atoms in total. The first kappa shape index (κ1) is 18.6. The van der Waals surface area contributed by atoms with Crippen LogP contribution in [0.2, 0.25) is 0 Å². The molecule has 2 aromatic carbocycles. The number of rotatable bonds is 7. The Labute approximate surface area is 148 Å². The van der Waals surface area contributed by atoms with Crippen LogP contribution in [0.15, 0.2) is 36.4 Å². The van der Waals surface area contributed by atoms with Crippen molar-refractivity contribution in [1.29, 1.82) is 0 Å². The number of hydrogen-bond donors (Lipinski definition) is 1. The highest BCUT2D eigenvalue weighted by Crippen LogP contribution is 2.41. The molecule has 0 aromatic heterocycles. The maximum Gasteiger partial charge on any atom is 0.336 e. The monoisotopic (exact) mass is 344 g/mol. The molecule has 0 bridgehead atoms. The SMILES string of the molecule is COc1cc(OC(C)C)ccc1-c1c(OC(C)C)cccc1C(=O)O. The fourth-order valence-corrected chi connectivity index (χ4v) is 2.56. The van der Waals surface area contributed by atoms with E-state index >= 15 is 0 Å². The standard InChI is InChI=1S/C20H24O5/c1-12(2)24-14-9-10-15(18(11-14)23-5)19-16(20(21)22)7-6-8-17(19)25-13(3)4/h6-13H,1-5H3,(H,21,22). The van der Waals surface area contributed by atoms with E-state index in [0.29, 0.717) is 28.4 Å². The molecule has 0 amide bonds. The Kier molecular flexibility index (Phi) is 5.91. The van der Waals surface area contributed by atoms with Gasteiger partial charge in [0.05, 0.1) is 24.9 Å². The fourth-order valence-electron chi connectivity index (χ4n) is 2.56. The molecule has 0 saturated heterocycles. The van der Waals surface area contributed by atoms with Gasteiger partial charge in [-0.25, -0.2) is 4.79 Å². The van der Waals surface area contributed by atoms with Crippen molar-refractivity contribution in [3.8, 4) is 28.4 Å². The predicted octanol–water partition coefficient (Wildman–Crippen LogP) is 4.63. The van der Waals surface area contributed by atoms with E-state index in [-0.39, 0.29) is 17.8 Å². The summed E-state index contributed by atoms with van der Waals surface area (Å²) in [7, 11) is 1.55. The maximum absolute atomic E-state index is 11.7. The van der Waals surface area contributed by atoms with Gasteiger partial charge in [0.25, 0.3) is 0 Å². The second-order valence-electron chi connectivity index (χ2n) is 6.18. The minimum absolute atomic E-state index is 0.0293. The van der Waals surface area contributed by atoms with Crippen LogP contribution in [0, 0.1) is 0 Å². The van der Waals surface area contributed by atoms with Crippen LogP contribution >= 0.6 is 0 Å². The average Bonchev–Trinajstić information content (AvgIpc) is 2.53. The van der Waals surface area contributed by atoms with Crippen molar-refractivity contribution in [1.82, 2.24) is 0 Å². The highest BCUT2D eigenvalue weighted by Gasteiger charge is 2.21. The molecule has 0 atom stereocenters. The van der Waals surface area contributed by atoms with Gasteiger partial charge in [-0.05, 0) is 52.0 Å². The molecular weight excluding hydrogens is 320 g/mol. The Hall–Kier alpha value is -2.69. The molecule has 25 heavy (non-hydrogen) atoms. The van der Waals surface area contributed by atoms with Gasteiger partial charge in [0, 0.05) is 17.2 Å². The number of methoxy groups -OCH3 is 1. The first-order chi connectivity index (χ1) is 11.8. The average molecular weight is 344 g/mol. The Bertz CT molecular complexity index is 750. The highest BCUT2D eigenvalue weighted by atomic mass is 16.5. The first-order valence-electron chi connectivity index (χ1n) is 8.21. The van der Waals surface area contributed by atoms with Gasteiger partial charge in [-0.3, -0.25) is 0 Å². The molecular formula is C20H24O5. The fraction of sp³-hybridized carbons (Fsp3) is 0.350. The van der Waals surface area contributed by atoms with Crippen LogP contribution in [0.25, 0.3) is 11.1 Å². The zero-order valence-electron chi connectivity index (χ0n) is 15.2. The molecule has 0 saturated carbocycles. The summed E-state index contributed by atoms with van der Waals surface area (Å²) in [5.74, 6) is 0.676. The molecule has 5 heteroatoms. The van der Waals surface area contributed by atoms with E-state index in [9.17, 15) is 9.90 Å². The molecule has 1 N–H and O–H groups in total. The molecule has 0 heterocycles. The first-order valence-corrected chi connectivity index (χ1v) is 8.21. The lowest BCUT2D eigenvalue weighted by molar-refractivity contribution is 0.0697. The van der Waals surface area contributed by atoms with Crippen LogP contribution in [0.4, 0.5) is 0 Å². The van der Waals surface area contributed by atoms with Crippen LogP contribution in [0.3, 0.4) is 0 Å². The van der Waals surface area contributed by atoms with E-state index in [2.05, 4.69) is 0 Å². The number of ether oxygens (including phenoxy) is 3. The second-order valence-corrected chi connectivity index (χ2v) is 6.18. The van der Waals surface area contributed by atoms with Crippen molar-refractivity contribution >= 4 is 5.97 Å². The summed E-state index contributed by atoms with van der Waals surface area (Å²) in [6, 6.07) is 10.4. The van der Waals surface area contributed by atoms with Crippen molar-refractivity contribution in [3.05, 3.63) is 42.0 Å².